The average Bonchev–Trinajstić information content (AvgIpc) is 3.96. The molecule has 7 heterocycles. The summed E-state index contributed by atoms with van der Waals surface area (Å²) in [6, 6.07) is 0. The van der Waals surface area contributed by atoms with E-state index in [1.54, 1.807) is 37.6 Å². The normalized spacial score (nSPS) is 36.1. The molecule has 8 bridgehead atoms. The SMILES string of the molecule is C=C1C[C@@H]2CC3C[C@@H](O)CC(O3)c3coc(n3)/C=C/C[C@H]3O[C@H](/C(C)=C/c4coc(C[C@]5(O)CC(OC)C[C@H]([C@H](O)/C=C(C)/C=C/C(C/C=C/Br)OC)O5)n4)[C@H](C)[C@@H](OC(=O)/C=C\C[C@@H](C1)O2)[C@H]3C. The van der Waals surface area contributed by atoms with Crippen LogP contribution in [0.2, 0.25) is 0 Å². The zero-order valence-corrected chi connectivity index (χ0v) is 42.3. The Bertz CT molecular complexity index is 2210. The van der Waals surface area contributed by atoms with Crippen molar-refractivity contribution in [2.75, 3.05) is 14.2 Å². The van der Waals surface area contributed by atoms with Gasteiger partial charge in [-0.25, -0.2) is 14.8 Å². The lowest BCUT2D eigenvalue weighted by molar-refractivity contribution is -0.286. The van der Waals surface area contributed by atoms with Crippen molar-refractivity contribution >= 4 is 34.1 Å². The first-order valence-electron chi connectivity index (χ1n) is 24.3. The van der Waals surface area contributed by atoms with E-state index in [-0.39, 0.29) is 67.2 Å². The van der Waals surface area contributed by atoms with Crippen LogP contribution >= 0.6 is 15.9 Å². The molecule has 16 heteroatoms. The minimum absolute atomic E-state index is 0.0830. The average molecular weight is 1020 g/mol. The van der Waals surface area contributed by atoms with Crippen molar-refractivity contribution in [2.45, 2.75) is 177 Å². The van der Waals surface area contributed by atoms with E-state index < -0.39 is 48.4 Å². The van der Waals surface area contributed by atoms with Crippen molar-refractivity contribution in [2.24, 2.45) is 11.8 Å². The fraction of sp³-hybridized carbons (Fsp3) is 0.604. The fourth-order valence-electron chi connectivity index (χ4n) is 10.4. The van der Waals surface area contributed by atoms with Crippen LogP contribution in [0.1, 0.15) is 121 Å². The van der Waals surface area contributed by atoms with Gasteiger partial charge in [-0.05, 0) is 75.1 Å². The van der Waals surface area contributed by atoms with Crippen LogP contribution in [0.15, 0.2) is 92.2 Å². The van der Waals surface area contributed by atoms with E-state index in [0.29, 0.717) is 75.1 Å². The molecule has 0 radical (unpaired) electrons. The third-order valence-corrected chi connectivity index (χ3v) is 14.2. The van der Waals surface area contributed by atoms with Crippen LogP contribution in [0.5, 0.6) is 0 Å². The molecule has 0 amide bonds. The highest BCUT2D eigenvalue weighted by atomic mass is 79.9. The summed E-state index contributed by atoms with van der Waals surface area (Å²) in [6.45, 7) is 12.2. The molecule has 5 aliphatic rings. The van der Waals surface area contributed by atoms with E-state index in [4.69, 9.17) is 52.0 Å². The largest absolute Gasteiger partial charge is 0.458 e. The van der Waals surface area contributed by atoms with Gasteiger partial charge in [-0.15, -0.1) is 0 Å². The maximum absolute atomic E-state index is 13.6. The minimum Gasteiger partial charge on any atom is -0.458 e. The number of rotatable bonds is 12. The topological polar surface area (TPSA) is 194 Å². The maximum Gasteiger partial charge on any atom is 0.330 e. The first kappa shape index (κ1) is 53.0. The predicted octanol–water partition coefficient (Wildman–Crippen LogP) is 8.76. The number of fused-ring (bicyclic) bond motifs is 9. The molecular formula is C53H71BrN2O13. The zero-order valence-electron chi connectivity index (χ0n) is 40.7. The van der Waals surface area contributed by atoms with Crippen molar-refractivity contribution in [3.63, 3.8) is 0 Å². The molecule has 0 aromatic carbocycles. The monoisotopic (exact) mass is 1020 g/mol. The van der Waals surface area contributed by atoms with Gasteiger partial charge in [-0.1, -0.05) is 84.0 Å². The molecule has 3 N–H and O–H groups in total. The number of aromatic nitrogens is 2. The highest BCUT2D eigenvalue weighted by Gasteiger charge is 2.45. The third-order valence-electron chi connectivity index (χ3n) is 13.9. The molecule has 15 nitrogen and oxygen atoms in total. The highest BCUT2D eigenvalue weighted by molar-refractivity contribution is 9.11. The molecule has 0 aliphatic carbocycles. The van der Waals surface area contributed by atoms with Crippen LogP contribution < -0.4 is 0 Å². The number of nitrogens with zero attached hydrogens (tertiary/aromatic N) is 2. The van der Waals surface area contributed by atoms with E-state index in [1.165, 1.54) is 12.3 Å². The molecule has 4 fully saturated rings. The number of hydrogen-bond acceptors (Lipinski definition) is 15. The summed E-state index contributed by atoms with van der Waals surface area (Å²) in [7, 11) is 3.22. The number of esters is 1. The fourth-order valence-corrected chi connectivity index (χ4v) is 10.6. The Morgan fingerprint density at radius 1 is 0.986 bits per heavy atom. The van der Waals surface area contributed by atoms with Crippen LogP contribution in [0.4, 0.5) is 0 Å². The van der Waals surface area contributed by atoms with Crippen molar-refractivity contribution in [3.8, 4) is 0 Å². The molecule has 69 heavy (non-hydrogen) atoms. The van der Waals surface area contributed by atoms with Gasteiger partial charge in [-0.2, -0.15) is 0 Å². The summed E-state index contributed by atoms with van der Waals surface area (Å²) >= 11 is 3.28. The second-order valence-electron chi connectivity index (χ2n) is 19.5. The molecule has 5 aliphatic heterocycles. The van der Waals surface area contributed by atoms with Crippen LogP contribution in [0.25, 0.3) is 12.2 Å². The summed E-state index contributed by atoms with van der Waals surface area (Å²) in [6.07, 6.45) is 19.5. The van der Waals surface area contributed by atoms with Crippen LogP contribution in [0, 0.1) is 11.8 Å². The van der Waals surface area contributed by atoms with Crippen LogP contribution in [0.3, 0.4) is 0 Å². The Labute approximate surface area is 414 Å². The van der Waals surface area contributed by atoms with Crippen LogP contribution in [-0.2, 0) is 44.4 Å². The van der Waals surface area contributed by atoms with E-state index in [2.05, 4.69) is 22.5 Å². The molecular weight excluding hydrogens is 952 g/mol. The Morgan fingerprint density at radius 2 is 1.78 bits per heavy atom. The number of methoxy groups -OCH3 is 2. The zero-order chi connectivity index (χ0) is 49.2. The summed E-state index contributed by atoms with van der Waals surface area (Å²) < 4.78 is 55.2. The van der Waals surface area contributed by atoms with Crippen molar-refractivity contribution in [1.29, 1.82) is 0 Å². The predicted molar refractivity (Wildman–Crippen MR) is 261 cm³/mol. The Kier molecular flexibility index (Phi) is 18.9. The number of carbonyl (C=O) groups excluding carboxylic acids is 1. The maximum atomic E-state index is 13.6. The highest BCUT2D eigenvalue weighted by Crippen LogP contribution is 2.40. The lowest BCUT2D eigenvalue weighted by Crippen LogP contribution is -2.51. The molecule has 2 aromatic rings. The van der Waals surface area contributed by atoms with Gasteiger partial charge in [0.25, 0.3) is 0 Å². The van der Waals surface area contributed by atoms with Gasteiger partial charge in [0, 0.05) is 57.8 Å². The molecule has 15 atom stereocenters. The van der Waals surface area contributed by atoms with Gasteiger partial charge >= 0.3 is 5.97 Å². The Morgan fingerprint density at radius 3 is 2.57 bits per heavy atom. The second-order valence-corrected chi connectivity index (χ2v) is 20.0. The molecule has 0 saturated carbocycles. The number of oxazole rings is 2. The van der Waals surface area contributed by atoms with Crippen molar-refractivity contribution in [1.82, 2.24) is 9.97 Å². The number of carbonyl (C=O) groups is 1. The summed E-state index contributed by atoms with van der Waals surface area (Å²) in [5, 5.41) is 33.9. The van der Waals surface area contributed by atoms with E-state index in [0.717, 1.165) is 16.7 Å². The quantitative estimate of drug-likeness (QED) is 0.104. The second kappa shape index (κ2) is 24.5. The summed E-state index contributed by atoms with van der Waals surface area (Å²) in [4.78, 5) is 24.8. The molecule has 0 spiro atoms. The molecule has 4 unspecified atom stereocenters. The third kappa shape index (κ3) is 14.6. The summed E-state index contributed by atoms with van der Waals surface area (Å²) in [5.41, 5.74) is 3.86. The van der Waals surface area contributed by atoms with E-state index in [9.17, 15) is 20.1 Å². The number of ether oxygens (including phenoxy) is 7. The standard InChI is InChI=1S/C53H71BrN2O13/c1-31(16-17-38(61-6)12-10-18-54)21-44(58)47-26-42(62-7)27-53(60,69-47)28-49-55-36(29-63-49)22-33(3)51-35(5)52-34(4)45(67-51)13-9-14-48-56-43(30-64-48)46-24-37(57)23-41(66-46)25-40-20-32(2)19-39(65-40)11-8-15-50(59)68-52/h8-10,14-18,21-22,29-30,34-35,37-42,44-47,51-52,57-58,60H,2,11-13,19-20,23-28H2,1,3-7H3/b14-9+,15-8-,17-16+,18-10+,31-21+,33-22+/t34-,35-,37+,38?,39-,40+,41?,42?,44+,45+,46?,47+,51+,52-,53-/m0/s1. The molecule has 2 aromatic heterocycles. The Hall–Kier alpha value is -3.81. The molecule has 378 valence electrons. The van der Waals surface area contributed by atoms with Gasteiger partial charge < -0.3 is 57.3 Å². The number of aliphatic hydroxyl groups is 3. The lowest BCUT2D eigenvalue weighted by Gasteiger charge is -2.44. The number of hydrogen-bond donors (Lipinski definition) is 3. The van der Waals surface area contributed by atoms with Gasteiger partial charge in [0.15, 0.2) is 11.7 Å². The minimum atomic E-state index is -1.73. The van der Waals surface area contributed by atoms with Gasteiger partial charge in [0.2, 0.25) is 5.89 Å². The molecule has 7 rings (SSSR count). The lowest BCUT2D eigenvalue weighted by atomic mass is 9.79. The first-order valence-corrected chi connectivity index (χ1v) is 25.2. The molecule has 4 saturated heterocycles. The number of halogens is 1. The van der Waals surface area contributed by atoms with Gasteiger partial charge in [0.1, 0.15) is 36.1 Å². The smallest absolute Gasteiger partial charge is 0.330 e. The summed E-state index contributed by atoms with van der Waals surface area (Å²) in [5.74, 6) is -1.95. The van der Waals surface area contributed by atoms with Gasteiger partial charge in [0.05, 0.1) is 67.5 Å². The number of allylic oxidation sites excluding steroid dienone is 2. The van der Waals surface area contributed by atoms with Crippen molar-refractivity contribution in [3.05, 3.63) is 107 Å². The van der Waals surface area contributed by atoms with Gasteiger partial charge in [-0.3, -0.25) is 0 Å². The van der Waals surface area contributed by atoms with Crippen LogP contribution in [-0.4, -0.2) is 118 Å². The van der Waals surface area contributed by atoms with Crippen molar-refractivity contribution < 1.29 is 62.1 Å². The first-order chi connectivity index (χ1) is 33.1. The Balaban J connectivity index is 1.06. The van der Waals surface area contributed by atoms with E-state index >= 15 is 0 Å². The van der Waals surface area contributed by atoms with E-state index in [1.807, 2.05) is 64.2 Å². The number of aliphatic hydroxyl groups excluding tert-OH is 2.